The number of H-pyrrole nitrogens is 1. The molecule has 0 aliphatic rings. The monoisotopic (exact) mass is 286 g/mol. The number of nitrogens with one attached hydrogen (secondary N) is 2. The van der Waals surface area contributed by atoms with Crippen LogP contribution in [-0.2, 0) is 0 Å². The summed E-state index contributed by atoms with van der Waals surface area (Å²) in [6.45, 7) is 1.76. The second-order valence-corrected chi connectivity index (χ2v) is 4.57. The average Bonchev–Trinajstić information content (AvgIpc) is 2.63. The number of carbonyl (C=O) groups is 1. The first-order valence-electron chi connectivity index (χ1n) is 5.09. The second-order valence-electron chi connectivity index (χ2n) is 3.78. The van der Waals surface area contributed by atoms with E-state index in [0.717, 1.165) is 5.56 Å². The number of anilines is 1. The Balaban J connectivity index is 2.21. The Morgan fingerprint density at radius 3 is 2.61 bits per heavy atom. The Hall–Kier alpha value is -1.52. The molecule has 1 aromatic heterocycles. The van der Waals surface area contributed by atoms with Crippen molar-refractivity contribution in [1.29, 1.82) is 0 Å². The summed E-state index contributed by atoms with van der Waals surface area (Å²) in [6.07, 6.45) is 0. The molecule has 0 aliphatic carbocycles. The fourth-order valence-corrected chi connectivity index (χ4v) is 1.75. The molecule has 94 valence electrons. The Labute approximate surface area is 113 Å². The van der Waals surface area contributed by atoms with Gasteiger partial charge in [0.2, 0.25) is 0 Å². The minimum Gasteiger partial charge on any atom is -0.340 e. The fourth-order valence-electron chi connectivity index (χ4n) is 1.44. The number of aromatic nitrogens is 1. The molecule has 1 heterocycles. The van der Waals surface area contributed by atoms with E-state index in [1.54, 1.807) is 13.0 Å². The van der Waals surface area contributed by atoms with Crippen molar-refractivity contribution in [3.05, 3.63) is 51.5 Å². The molecular formula is C12H9Cl2FN2O. The highest BCUT2D eigenvalue weighted by Gasteiger charge is 2.13. The Bertz CT molecular complexity index is 591. The largest absolute Gasteiger partial charge is 0.340 e. The molecule has 0 aliphatic heterocycles. The van der Waals surface area contributed by atoms with E-state index >= 15 is 0 Å². The minimum absolute atomic E-state index is 0.104. The lowest BCUT2D eigenvalue weighted by Gasteiger charge is -2.05. The zero-order chi connectivity index (χ0) is 13.3. The molecule has 6 heteroatoms. The second kappa shape index (κ2) is 5.00. The molecule has 0 radical (unpaired) electrons. The lowest BCUT2D eigenvalue weighted by Crippen LogP contribution is -2.13. The van der Waals surface area contributed by atoms with E-state index in [4.69, 9.17) is 23.2 Å². The lowest BCUT2D eigenvalue weighted by molar-refractivity contribution is 0.102. The van der Waals surface area contributed by atoms with Gasteiger partial charge in [0.05, 0.1) is 10.7 Å². The van der Waals surface area contributed by atoms with Gasteiger partial charge in [-0.3, -0.25) is 4.79 Å². The van der Waals surface area contributed by atoms with Crippen molar-refractivity contribution in [2.75, 3.05) is 5.32 Å². The van der Waals surface area contributed by atoms with Gasteiger partial charge in [-0.1, -0.05) is 29.3 Å². The Kier molecular flexibility index (Phi) is 3.59. The predicted molar refractivity (Wildman–Crippen MR) is 69.9 cm³/mol. The number of benzene rings is 1. The van der Waals surface area contributed by atoms with Crippen molar-refractivity contribution in [3.63, 3.8) is 0 Å². The topological polar surface area (TPSA) is 44.9 Å². The van der Waals surface area contributed by atoms with Crippen LogP contribution in [0, 0.1) is 12.7 Å². The number of hydrogen-bond acceptors (Lipinski definition) is 1. The summed E-state index contributed by atoms with van der Waals surface area (Å²) in [5.74, 6) is -1.00. The number of halogens is 3. The molecule has 2 rings (SSSR count). The van der Waals surface area contributed by atoms with Gasteiger partial charge in [0, 0.05) is 0 Å². The Morgan fingerprint density at radius 1 is 1.33 bits per heavy atom. The summed E-state index contributed by atoms with van der Waals surface area (Å²) in [7, 11) is 0. The molecule has 0 saturated heterocycles. The molecule has 0 bridgehead atoms. The van der Waals surface area contributed by atoms with E-state index in [-0.39, 0.29) is 21.6 Å². The van der Waals surface area contributed by atoms with Gasteiger partial charge in [-0.15, -0.1) is 0 Å². The molecule has 2 aromatic rings. The first-order valence-corrected chi connectivity index (χ1v) is 5.84. The van der Waals surface area contributed by atoms with Crippen LogP contribution >= 0.6 is 23.2 Å². The van der Waals surface area contributed by atoms with Crippen LogP contribution in [0.15, 0.2) is 24.3 Å². The summed E-state index contributed by atoms with van der Waals surface area (Å²) in [6, 6.07) is 5.91. The number of carbonyl (C=O) groups excluding carboxylic acids is 1. The summed E-state index contributed by atoms with van der Waals surface area (Å²) in [4.78, 5) is 14.4. The predicted octanol–water partition coefficient (Wildman–Crippen LogP) is 4.02. The van der Waals surface area contributed by atoms with Crippen LogP contribution in [0.25, 0.3) is 0 Å². The number of amides is 1. The molecule has 2 N–H and O–H groups in total. The van der Waals surface area contributed by atoms with E-state index in [2.05, 4.69) is 10.3 Å². The number of aromatic amines is 1. The average molecular weight is 287 g/mol. The highest BCUT2D eigenvalue weighted by Crippen LogP contribution is 2.23. The lowest BCUT2D eigenvalue weighted by atomic mass is 10.2. The maximum absolute atomic E-state index is 13.5. The van der Waals surface area contributed by atoms with Crippen LogP contribution in [0.4, 0.5) is 10.1 Å². The van der Waals surface area contributed by atoms with Gasteiger partial charge in [-0.2, -0.15) is 0 Å². The maximum atomic E-state index is 13.5. The first kappa shape index (κ1) is 12.9. The van der Waals surface area contributed by atoms with Crippen molar-refractivity contribution in [1.82, 2.24) is 4.98 Å². The normalized spacial score (nSPS) is 10.4. The zero-order valence-electron chi connectivity index (χ0n) is 9.35. The summed E-state index contributed by atoms with van der Waals surface area (Å²) in [5.41, 5.74) is 1.05. The molecule has 3 nitrogen and oxygen atoms in total. The summed E-state index contributed by atoms with van der Waals surface area (Å²) < 4.78 is 13.5. The van der Waals surface area contributed by atoms with Gasteiger partial charge in [0.1, 0.15) is 16.7 Å². The fraction of sp³-hybridized carbons (Fsp3) is 0.0833. The maximum Gasteiger partial charge on any atom is 0.272 e. The summed E-state index contributed by atoms with van der Waals surface area (Å²) in [5, 5.41) is 2.85. The van der Waals surface area contributed by atoms with Crippen molar-refractivity contribution >= 4 is 34.8 Å². The number of rotatable bonds is 2. The van der Waals surface area contributed by atoms with Crippen LogP contribution < -0.4 is 5.32 Å². The molecule has 1 aromatic carbocycles. The third-order valence-electron chi connectivity index (χ3n) is 2.34. The smallest absolute Gasteiger partial charge is 0.272 e. The van der Waals surface area contributed by atoms with E-state index in [1.807, 2.05) is 0 Å². The highest BCUT2D eigenvalue weighted by atomic mass is 35.5. The van der Waals surface area contributed by atoms with Crippen LogP contribution in [-0.4, -0.2) is 10.9 Å². The van der Waals surface area contributed by atoms with E-state index < -0.39 is 11.7 Å². The highest BCUT2D eigenvalue weighted by molar-refractivity contribution is 6.41. The van der Waals surface area contributed by atoms with Gasteiger partial charge in [0.15, 0.2) is 0 Å². The standard InChI is InChI=1S/C12H9Cl2FN2O/c1-6-2-3-9(8(15)4-6)17-12(18)10-5-7(13)11(14)16-10/h2-5,16H,1H3,(H,17,18). The number of hydrogen-bond donors (Lipinski definition) is 2. The molecular weight excluding hydrogens is 278 g/mol. The Morgan fingerprint density at radius 2 is 2.06 bits per heavy atom. The van der Waals surface area contributed by atoms with Crippen molar-refractivity contribution < 1.29 is 9.18 Å². The molecule has 0 fully saturated rings. The van der Waals surface area contributed by atoms with Crippen LogP contribution in [0.2, 0.25) is 10.2 Å². The van der Waals surface area contributed by atoms with Gasteiger partial charge < -0.3 is 10.3 Å². The van der Waals surface area contributed by atoms with Crippen molar-refractivity contribution in [2.45, 2.75) is 6.92 Å². The van der Waals surface area contributed by atoms with Crippen molar-refractivity contribution in [2.24, 2.45) is 0 Å². The SMILES string of the molecule is Cc1ccc(NC(=O)c2cc(Cl)c(Cl)[nH]2)c(F)c1. The first-order chi connectivity index (χ1) is 8.47. The molecule has 0 saturated carbocycles. The van der Waals surface area contributed by atoms with Gasteiger partial charge in [-0.25, -0.2) is 4.39 Å². The molecule has 0 spiro atoms. The third-order valence-corrected chi connectivity index (χ3v) is 3.04. The zero-order valence-corrected chi connectivity index (χ0v) is 10.9. The molecule has 1 amide bonds. The quantitative estimate of drug-likeness (QED) is 0.860. The van der Waals surface area contributed by atoms with E-state index in [9.17, 15) is 9.18 Å². The van der Waals surface area contributed by atoms with Gasteiger partial charge in [0.25, 0.3) is 5.91 Å². The van der Waals surface area contributed by atoms with Gasteiger partial charge >= 0.3 is 0 Å². The van der Waals surface area contributed by atoms with Crippen LogP contribution in [0.5, 0.6) is 0 Å². The van der Waals surface area contributed by atoms with Gasteiger partial charge in [-0.05, 0) is 30.7 Å². The van der Waals surface area contributed by atoms with Crippen molar-refractivity contribution in [3.8, 4) is 0 Å². The molecule has 18 heavy (non-hydrogen) atoms. The van der Waals surface area contributed by atoms with E-state index in [0.29, 0.717) is 0 Å². The van der Waals surface area contributed by atoms with E-state index in [1.165, 1.54) is 18.2 Å². The van der Waals surface area contributed by atoms with Crippen LogP contribution in [0.1, 0.15) is 16.1 Å². The molecule has 0 atom stereocenters. The minimum atomic E-state index is -0.508. The summed E-state index contributed by atoms with van der Waals surface area (Å²) >= 11 is 11.4. The third kappa shape index (κ3) is 2.66. The number of aryl methyl sites for hydroxylation is 1. The van der Waals surface area contributed by atoms with Crippen LogP contribution in [0.3, 0.4) is 0 Å². The molecule has 0 unspecified atom stereocenters.